The van der Waals surface area contributed by atoms with Crippen molar-refractivity contribution in [1.82, 2.24) is 44.6 Å². The number of H-pyrrole nitrogens is 1. The quantitative estimate of drug-likeness (QED) is 0.259. The van der Waals surface area contributed by atoms with Gasteiger partial charge in [-0.05, 0) is 49.9 Å². The molecule has 0 spiro atoms. The number of ether oxygens (including phenoxy) is 2. The summed E-state index contributed by atoms with van der Waals surface area (Å²) in [5.41, 5.74) is 3.53. The molecule has 2 saturated heterocycles. The van der Waals surface area contributed by atoms with Gasteiger partial charge in [-0.3, -0.25) is 9.88 Å². The van der Waals surface area contributed by atoms with Crippen LogP contribution >= 0.6 is 11.6 Å². The van der Waals surface area contributed by atoms with Crippen molar-refractivity contribution >= 4 is 22.6 Å². The molecular formula is C30H31ClFN9O2. The Hall–Kier alpha value is -4.00. The maximum absolute atomic E-state index is 14.6. The zero-order valence-electron chi connectivity index (χ0n) is 23.7. The van der Waals surface area contributed by atoms with Gasteiger partial charge < -0.3 is 19.0 Å². The highest BCUT2D eigenvalue weighted by Crippen LogP contribution is 2.26. The van der Waals surface area contributed by atoms with E-state index in [0.717, 1.165) is 73.7 Å². The van der Waals surface area contributed by atoms with Gasteiger partial charge in [-0.2, -0.15) is 9.37 Å². The molecule has 0 amide bonds. The standard InChI is InChI=1S/C30H31ClFN9O2/c1-18-35-29(39-38-18)25-13-24-26(15-33-25)41(16-22-8-11-42-22)28(36-24)17-40-9-6-21(7-10-40)43-30-23(32)14-34-27(37-30)12-19-2-4-20(31)5-3-19/h2-5,13-15,21-22H,6-12,16-17H2,1H3,(H,35,38,39)/t22-/m0/s1. The van der Waals surface area contributed by atoms with E-state index in [4.69, 9.17) is 26.1 Å². The second-order valence-corrected chi connectivity index (χ2v) is 11.5. The van der Waals surface area contributed by atoms with Gasteiger partial charge in [-0.25, -0.2) is 9.97 Å². The number of pyridine rings is 1. The van der Waals surface area contributed by atoms with Gasteiger partial charge in [-0.15, -0.1) is 10.2 Å². The summed E-state index contributed by atoms with van der Waals surface area (Å²) < 4.78 is 28.6. The number of aryl methyl sites for hydroxylation is 1. The Morgan fingerprint density at radius 2 is 1.88 bits per heavy atom. The van der Waals surface area contributed by atoms with Crippen LogP contribution in [0.5, 0.6) is 5.88 Å². The molecule has 2 fully saturated rings. The van der Waals surface area contributed by atoms with Crippen molar-refractivity contribution in [1.29, 1.82) is 0 Å². The lowest BCUT2D eigenvalue weighted by atomic mass is 10.1. The number of imidazole rings is 1. The number of aromatic amines is 1. The number of hydrogen-bond donors (Lipinski definition) is 1. The van der Waals surface area contributed by atoms with Crippen LogP contribution in [-0.2, 0) is 24.2 Å². The molecule has 0 aliphatic carbocycles. The largest absolute Gasteiger partial charge is 0.472 e. The first-order chi connectivity index (χ1) is 21.0. The number of benzene rings is 1. The topological polar surface area (TPSA) is 120 Å². The Morgan fingerprint density at radius 3 is 2.60 bits per heavy atom. The van der Waals surface area contributed by atoms with Crippen LogP contribution < -0.4 is 4.74 Å². The van der Waals surface area contributed by atoms with E-state index in [9.17, 15) is 4.39 Å². The summed E-state index contributed by atoms with van der Waals surface area (Å²) >= 11 is 5.98. The summed E-state index contributed by atoms with van der Waals surface area (Å²) in [5.74, 6) is 2.27. The molecule has 7 rings (SSSR count). The molecule has 5 aromatic rings. The predicted octanol–water partition coefficient (Wildman–Crippen LogP) is 4.53. The molecule has 11 nitrogen and oxygen atoms in total. The smallest absolute Gasteiger partial charge is 0.254 e. The highest BCUT2D eigenvalue weighted by Gasteiger charge is 2.26. The number of fused-ring (bicyclic) bond motifs is 1. The van der Waals surface area contributed by atoms with Gasteiger partial charge in [0.05, 0.1) is 42.6 Å². The monoisotopic (exact) mass is 603 g/mol. The molecular weight excluding hydrogens is 573 g/mol. The SMILES string of the molecule is Cc1nnc(-c2cc3nc(CN4CCC(Oc5nc(Cc6ccc(Cl)cc6)ncc5F)CC4)n(C[C@@H]4CCO4)c3cn2)[nH]1. The Balaban J connectivity index is 1.02. The molecule has 6 heterocycles. The zero-order chi connectivity index (χ0) is 29.3. The van der Waals surface area contributed by atoms with Gasteiger partial charge in [0.1, 0.15) is 29.3 Å². The Morgan fingerprint density at radius 1 is 1.07 bits per heavy atom. The van der Waals surface area contributed by atoms with Gasteiger partial charge in [-0.1, -0.05) is 23.7 Å². The molecule has 2 aliphatic rings. The molecule has 1 aromatic carbocycles. The Kier molecular flexibility index (Phi) is 7.72. The minimum Gasteiger partial charge on any atom is -0.472 e. The summed E-state index contributed by atoms with van der Waals surface area (Å²) in [4.78, 5) is 23.7. The van der Waals surface area contributed by atoms with Crippen LogP contribution in [0.15, 0.2) is 42.7 Å². The number of rotatable bonds is 9. The molecule has 13 heteroatoms. The van der Waals surface area contributed by atoms with Crippen molar-refractivity contribution in [3.8, 4) is 17.4 Å². The third-order valence-electron chi connectivity index (χ3n) is 7.95. The van der Waals surface area contributed by atoms with E-state index in [-0.39, 0.29) is 18.1 Å². The minimum atomic E-state index is -0.553. The predicted molar refractivity (Wildman–Crippen MR) is 157 cm³/mol. The maximum Gasteiger partial charge on any atom is 0.254 e. The third-order valence-corrected chi connectivity index (χ3v) is 8.20. The van der Waals surface area contributed by atoms with Crippen molar-refractivity contribution in [2.24, 2.45) is 0 Å². The number of nitrogens with zero attached hydrogens (tertiary/aromatic N) is 8. The average Bonchev–Trinajstić information content (AvgIpc) is 3.57. The van der Waals surface area contributed by atoms with Gasteiger partial charge in [0.25, 0.3) is 5.88 Å². The van der Waals surface area contributed by atoms with Gasteiger partial charge >= 0.3 is 0 Å². The van der Waals surface area contributed by atoms with Gasteiger partial charge in [0.15, 0.2) is 5.82 Å². The van der Waals surface area contributed by atoms with Crippen LogP contribution in [-0.4, -0.2) is 76.5 Å². The van der Waals surface area contributed by atoms with Crippen molar-refractivity contribution in [3.63, 3.8) is 0 Å². The van der Waals surface area contributed by atoms with E-state index in [1.165, 1.54) is 6.20 Å². The van der Waals surface area contributed by atoms with Crippen LogP contribution in [0.4, 0.5) is 4.39 Å². The first-order valence-electron chi connectivity index (χ1n) is 14.5. The molecule has 1 atom stereocenters. The van der Waals surface area contributed by atoms with E-state index in [1.807, 2.05) is 43.5 Å². The van der Waals surface area contributed by atoms with E-state index in [0.29, 0.717) is 35.3 Å². The van der Waals surface area contributed by atoms with Crippen molar-refractivity contribution < 1.29 is 13.9 Å². The molecule has 4 aromatic heterocycles. The summed E-state index contributed by atoms with van der Waals surface area (Å²) in [7, 11) is 0. The van der Waals surface area contributed by atoms with E-state index >= 15 is 0 Å². The molecule has 43 heavy (non-hydrogen) atoms. The molecule has 1 N–H and O–H groups in total. The molecule has 222 valence electrons. The van der Waals surface area contributed by atoms with Crippen molar-refractivity contribution in [3.05, 3.63) is 76.6 Å². The number of nitrogens with one attached hydrogen (secondary N) is 1. The summed E-state index contributed by atoms with van der Waals surface area (Å²) in [6.07, 6.45) is 6.08. The number of hydrogen-bond acceptors (Lipinski definition) is 9. The van der Waals surface area contributed by atoms with E-state index in [1.54, 1.807) is 0 Å². The molecule has 0 unspecified atom stereocenters. The average molecular weight is 604 g/mol. The third kappa shape index (κ3) is 6.22. The van der Waals surface area contributed by atoms with Crippen molar-refractivity contribution in [2.45, 2.75) is 57.9 Å². The first kappa shape index (κ1) is 27.8. The van der Waals surface area contributed by atoms with E-state index in [2.05, 4.69) is 39.6 Å². The number of likely N-dealkylation sites (tertiary alicyclic amines) is 1. The number of piperidine rings is 1. The fourth-order valence-corrected chi connectivity index (χ4v) is 5.63. The van der Waals surface area contributed by atoms with E-state index < -0.39 is 5.82 Å². The van der Waals surface area contributed by atoms with Crippen LogP contribution in [0.1, 0.15) is 42.3 Å². The minimum absolute atomic E-state index is 0.00459. The van der Waals surface area contributed by atoms with Crippen LogP contribution in [0.2, 0.25) is 5.02 Å². The lowest BCUT2D eigenvalue weighted by molar-refractivity contribution is -0.0592. The molecule has 0 radical (unpaired) electrons. The maximum atomic E-state index is 14.6. The zero-order valence-corrected chi connectivity index (χ0v) is 24.5. The highest BCUT2D eigenvalue weighted by atomic mass is 35.5. The second-order valence-electron chi connectivity index (χ2n) is 11.1. The summed E-state index contributed by atoms with van der Waals surface area (Å²) in [5, 5.41) is 8.89. The highest BCUT2D eigenvalue weighted by molar-refractivity contribution is 6.30. The fourth-order valence-electron chi connectivity index (χ4n) is 5.50. The first-order valence-corrected chi connectivity index (χ1v) is 14.9. The van der Waals surface area contributed by atoms with Gasteiger partial charge in [0.2, 0.25) is 5.82 Å². The van der Waals surface area contributed by atoms with Gasteiger partial charge in [0, 0.05) is 31.1 Å². The lowest BCUT2D eigenvalue weighted by Crippen LogP contribution is -2.39. The van der Waals surface area contributed by atoms with Crippen LogP contribution in [0.25, 0.3) is 22.6 Å². The number of aromatic nitrogens is 8. The molecule has 2 aliphatic heterocycles. The molecule has 0 bridgehead atoms. The second kappa shape index (κ2) is 11.9. The summed E-state index contributed by atoms with van der Waals surface area (Å²) in [6, 6.07) is 9.40. The van der Waals surface area contributed by atoms with Crippen molar-refractivity contribution in [2.75, 3.05) is 19.7 Å². The Bertz CT molecular complexity index is 1730. The molecule has 0 saturated carbocycles. The lowest BCUT2D eigenvalue weighted by Gasteiger charge is -2.32. The fraction of sp³-hybridized carbons (Fsp3) is 0.400. The summed E-state index contributed by atoms with van der Waals surface area (Å²) in [6.45, 7) is 5.65. The number of halogens is 2. The van der Waals surface area contributed by atoms with Crippen LogP contribution in [0, 0.1) is 12.7 Å². The Labute approximate surface area is 252 Å². The van der Waals surface area contributed by atoms with Crippen LogP contribution in [0.3, 0.4) is 0 Å². The normalized spacial score (nSPS) is 17.8.